The Morgan fingerprint density at radius 1 is 1.32 bits per heavy atom. The van der Waals surface area contributed by atoms with Crippen molar-refractivity contribution in [2.45, 2.75) is 6.42 Å². The molecule has 25 heavy (non-hydrogen) atoms. The van der Waals surface area contributed by atoms with E-state index < -0.39 is 0 Å². The molecule has 126 valence electrons. The van der Waals surface area contributed by atoms with Gasteiger partial charge >= 0.3 is 0 Å². The van der Waals surface area contributed by atoms with Crippen LogP contribution in [-0.4, -0.2) is 24.5 Å². The van der Waals surface area contributed by atoms with Gasteiger partial charge in [-0.2, -0.15) is 0 Å². The summed E-state index contributed by atoms with van der Waals surface area (Å²) < 4.78 is 5.81. The van der Waals surface area contributed by atoms with Crippen LogP contribution in [0, 0.1) is 0 Å². The molecule has 0 aliphatic carbocycles. The molecule has 3 heterocycles. The number of carbonyl (C=O) groups excluding carboxylic acids is 1. The van der Waals surface area contributed by atoms with Crippen molar-refractivity contribution in [2.75, 3.05) is 18.6 Å². The maximum atomic E-state index is 12.9. The van der Waals surface area contributed by atoms with E-state index in [1.54, 1.807) is 24.2 Å². The predicted molar refractivity (Wildman–Crippen MR) is 101 cm³/mol. The number of hydrogen-bond donors (Lipinski definition) is 0. The van der Waals surface area contributed by atoms with Crippen LogP contribution < -0.4 is 9.64 Å². The third kappa shape index (κ3) is 2.90. The Morgan fingerprint density at radius 3 is 3.00 bits per heavy atom. The molecule has 4 rings (SSSR count). The molecule has 0 saturated carbocycles. The largest absolute Gasteiger partial charge is 0.493 e. The molecule has 0 unspecified atom stereocenters. The van der Waals surface area contributed by atoms with Crippen LogP contribution >= 0.6 is 22.9 Å². The molecule has 0 bridgehead atoms. The highest BCUT2D eigenvalue weighted by Gasteiger charge is 2.23. The summed E-state index contributed by atoms with van der Waals surface area (Å²) in [6.45, 7) is 0.612. The highest BCUT2D eigenvalue weighted by molar-refractivity contribution is 7.17. The van der Waals surface area contributed by atoms with E-state index in [0.29, 0.717) is 22.2 Å². The third-order valence-corrected chi connectivity index (χ3v) is 5.69. The van der Waals surface area contributed by atoms with E-state index >= 15 is 0 Å². The number of pyridine rings is 1. The third-order valence-electron chi connectivity index (χ3n) is 4.20. The van der Waals surface area contributed by atoms with Gasteiger partial charge in [-0.1, -0.05) is 23.7 Å². The number of amides is 1. The Bertz CT molecular complexity index is 954. The fourth-order valence-electron chi connectivity index (χ4n) is 2.91. The van der Waals surface area contributed by atoms with Crippen LogP contribution in [0.1, 0.15) is 15.2 Å². The molecule has 0 N–H and O–H groups in total. The minimum Gasteiger partial charge on any atom is -0.493 e. The second kappa shape index (κ2) is 6.50. The fourth-order valence-corrected chi connectivity index (χ4v) is 4.38. The maximum Gasteiger partial charge on any atom is 0.268 e. The first-order valence-corrected chi connectivity index (χ1v) is 9.07. The van der Waals surface area contributed by atoms with Crippen LogP contribution in [0.5, 0.6) is 5.75 Å². The number of rotatable bonds is 2. The van der Waals surface area contributed by atoms with Gasteiger partial charge in [-0.3, -0.25) is 9.78 Å². The highest BCUT2D eigenvalue weighted by Crippen LogP contribution is 2.41. The number of ether oxygens (including phenoxy) is 1. The van der Waals surface area contributed by atoms with Gasteiger partial charge in [-0.05, 0) is 29.8 Å². The first-order valence-electron chi connectivity index (χ1n) is 7.87. The molecule has 0 radical (unpaired) electrons. The van der Waals surface area contributed by atoms with E-state index in [1.165, 1.54) is 17.5 Å². The molecule has 1 aliphatic heterocycles. The average molecular weight is 371 g/mol. The number of carbonyl (C=O) groups is 1. The van der Waals surface area contributed by atoms with Gasteiger partial charge in [0.15, 0.2) is 0 Å². The number of halogens is 1. The van der Waals surface area contributed by atoms with Crippen LogP contribution in [0.4, 0.5) is 5.69 Å². The molecule has 1 aromatic carbocycles. The molecule has 1 aliphatic rings. The van der Waals surface area contributed by atoms with Crippen LogP contribution in [0.2, 0.25) is 5.02 Å². The second-order valence-electron chi connectivity index (χ2n) is 5.75. The zero-order valence-corrected chi connectivity index (χ0v) is 15.1. The lowest BCUT2D eigenvalue weighted by molar-refractivity contribution is 0.0996. The van der Waals surface area contributed by atoms with Crippen LogP contribution in [0.25, 0.3) is 10.4 Å². The van der Waals surface area contributed by atoms with Gasteiger partial charge in [0.2, 0.25) is 0 Å². The van der Waals surface area contributed by atoms with Crippen LogP contribution in [0.15, 0.2) is 48.8 Å². The minimum absolute atomic E-state index is 0.0791. The van der Waals surface area contributed by atoms with Crippen molar-refractivity contribution in [3.63, 3.8) is 0 Å². The Balaban J connectivity index is 1.73. The maximum absolute atomic E-state index is 12.9. The second-order valence-corrected chi connectivity index (χ2v) is 7.21. The first kappa shape index (κ1) is 16.1. The number of benzene rings is 1. The highest BCUT2D eigenvalue weighted by atomic mass is 35.5. The summed E-state index contributed by atoms with van der Waals surface area (Å²) >= 11 is 7.67. The summed E-state index contributed by atoms with van der Waals surface area (Å²) in [6.07, 6.45) is 3.95. The van der Waals surface area contributed by atoms with Crippen LogP contribution in [0.3, 0.4) is 0 Å². The minimum atomic E-state index is -0.0791. The van der Waals surface area contributed by atoms with Gasteiger partial charge in [0, 0.05) is 36.3 Å². The van der Waals surface area contributed by atoms with Crippen molar-refractivity contribution < 1.29 is 9.53 Å². The smallest absolute Gasteiger partial charge is 0.268 e. The topological polar surface area (TPSA) is 42.4 Å². The van der Waals surface area contributed by atoms with Gasteiger partial charge in [0.05, 0.1) is 22.2 Å². The molecule has 6 heteroatoms. The van der Waals surface area contributed by atoms with Crippen molar-refractivity contribution in [1.29, 1.82) is 0 Å². The average Bonchev–Trinajstić information content (AvgIpc) is 2.98. The summed E-state index contributed by atoms with van der Waals surface area (Å²) in [4.78, 5) is 20.3. The standard InChI is InChI=1S/C19H15ClN2O2S/c1-22(15-6-8-21-11-14(15)20)19(23)17-10-12-7-9-24-16-5-3-2-4-13(16)18(12)25-17/h2-6,8,10-11H,7,9H2,1H3. The van der Waals surface area contributed by atoms with Crippen LogP contribution in [-0.2, 0) is 6.42 Å². The molecular weight excluding hydrogens is 356 g/mol. The summed E-state index contributed by atoms with van der Waals surface area (Å²) in [5.41, 5.74) is 2.84. The number of para-hydroxylation sites is 1. The molecule has 0 fully saturated rings. The molecule has 0 atom stereocenters. The summed E-state index contributed by atoms with van der Waals surface area (Å²) in [6, 6.07) is 11.7. The first-order chi connectivity index (χ1) is 12.1. The normalized spacial score (nSPS) is 12.6. The number of fused-ring (bicyclic) bond motifs is 3. The van der Waals surface area contributed by atoms with Crippen molar-refractivity contribution in [2.24, 2.45) is 0 Å². The Hall–Kier alpha value is -2.37. The number of hydrogen-bond acceptors (Lipinski definition) is 4. The van der Waals surface area contributed by atoms with E-state index in [-0.39, 0.29) is 5.91 Å². The number of aromatic nitrogens is 1. The van der Waals surface area contributed by atoms with E-state index in [2.05, 4.69) is 4.98 Å². The Morgan fingerprint density at radius 2 is 2.16 bits per heavy atom. The van der Waals surface area contributed by atoms with Gasteiger partial charge in [-0.25, -0.2) is 0 Å². The number of thiophene rings is 1. The lowest BCUT2D eigenvalue weighted by Crippen LogP contribution is -2.25. The molecule has 2 aromatic heterocycles. The zero-order chi connectivity index (χ0) is 17.4. The Labute approximate surface area is 154 Å². The SMILES string of the molecule is CN(C(=O)c1cc2c(s1)-c1ccccc1OCC2)c1ccncc1Cl. The summed E-state index contributed by atoms with van der Waals surface area (Å²) in [5.74, 6) is 0.789. The number of anilines is 1. The Kier molecular flexibility index (Phi) is 4.19. The van der Waals surface area contributed by atoms with Gasteiger partial charge in [0.25, 0.3) is 5.91 Å². The van der Waals surface area contributed by atoms with E-state index in [0.717, 1.165) is 28.2 Å². The van der Waals surface area contributed by atoms with Crippen molar-refractivity contribution >= 4 is 34.5 Å². The fraction of sp³-hybridized carbons (Fsp3) is 0.158. The number of nitrogens with zero attached hydrogens (tertiary/aromatic N) is 2. The quantitative estimate of drug-likeness (QED) is 0.658. The zero-order valence-electron chi connectivity index (χ0n) is 13.5. The lowest BCUT2D eigenvalue weighted by atomic mass is 10.1. The van der Waals surface area contributed by atoms with Gasteiger partial charge in [-0.15, -0.1) is 11.3 Å². The predicted octanol–water partition coefficient (Wildman–Crippen LogP) is 4.68. The van der Waals surface area contributed by atoms with Gasteiger partial charge in [0.1, 0.15) is 5.75 Å². The van der Waals surface area contributed by atoms with E-state index in [1.807, 2.05) is 30.3 Å². The summed E-state index contributed by atoms with van der Waals surface area (Å²) in [7, 11) is 1.73. The molecular formula is C19H15ClN2O2S. The van der Waals surface area contributed by atoms with Gasteiger partial charge < -0.3 is 9.64 Å². The van der Waals surface area contributed by atoms with Crippen molar-refractivity contribution in [3.05, 3.63) is 64.3 Å². The van der Waals surface area contributed by atoms with Crippen molar-refractivity contribution in [3.8, 4) is 16.2 Å². The monoisotopic (exact) mass is 370 g/mol. The molecule has 1 amide bonds. The molecule has 0 spiro atoms. The van der Waals surface area contributed by atoms with E-state index in [4.69, 9.17) is 16.3 Å². The lowest BCUT2D eigenvalue weighted by Gasteiger charge is -2.17. The van der Waals surface area contributed by atoms with Crippen molar-refractivity contribution in [1.82, 2.24) is 4.98 Å². The molecule has 0 saturated heterocycles. The molecule has 4 nitrogen and oxygen atoms in total. The molecule has 3 aromatic rings. The van der Waals surface area contributed by atoms with E-state index in [9.17, 15) is 4.79 Å². The summed E-state index contributed by atoms with van der Waals surface area (Å²) in [5, 5.41) is 0.454.